The smallest absolute Gasteiger partial charge is 0.155 e. The van der Waals surface area contributed by atoms with E-state index in [1.54, 1.807) is 0 Å². The third kappa shape index (κ3) is 2.99. The molecule has 0 saturated heterocycles. The molecular formula is C14H23N3O. The zero-order valence-electron chi connectivity index (χ0n) is 11.3. The van der Waals surface area contributed by atoms with E-state index in [9.17, 15) is 4.79 Å². The zero-order valence-corrected chi connectivity index (χ0v) is 11.3. The number of hydrogen-bond acceptors (Lipinski definition) is 3. The van der Waals surface area contributed by atoms with Gasteiger partial charge in [-0.15, -0.1) is 0 Å². The Labute approximate surface area is 109 Å². The summed E-state index contributed by atoms with van der Waals surface area (Å²) >= 11 is 0. The van der Waals surface area contributed by atoms with E-state index in [0.29, 0.717) is 12.5 Å². The van der Waals surface area contributed by atoms with E-state index in [1.807, 2.05) is 30.8 Å². The lowest BCUT2D eigenvalue weighted by Crippen LogP contribution is -2.36. The zero-order chi connectivity index (χ0) is 13.1. The summed E-state index contributed by atoms with van der Waals surface area (Å²) in [6, 6.07) is 2.11. The molecule has 2 N–H and O–H groups in total. The lowest BCUT2D eigenvalue weighted by Gasteiger charge is -2.13. The number of nitrogens with zero attached hydrogens (tertiary/aromatic N) is 2. The molecule has 1 fully saturated rings. The van der Waals surface area contributed by atoms with Gasteiger partial charge in [0.1, 0.15) is 0 Å². The van der Waals surface area contributed by atoms with Gasteiger partial charge in [0.15, 0.2) is 5.78 Å². The summed E-state index contributed by atoms with van der Waals surface area (Å²) in [4.78, 5) is 11.9. The Kier molecular flexibility index (Phi) is 4.17. The predicted octanol–water partition coefficient (Wildman–Crippen LogP) is 2.09. The first-order chi connectivity index (χ1) is 8.58. The monoisotopic (exact) mass is 249 g/mol. The number of aromatic nitrogens is 2. The van der Waals surface area contributed by atoms with Crippen LogP contribution in [-0.2, 0) is 11.2 Å². The fourth-order valence-electron chi connectivity index (χ4n) is 2.51. The number of hydrogen-bond donors (Lipinski definition) is 1. The van der Waals surface area contributed by atoms with E-state index in [4.69, 9.17) is 5.73 Å². The maximum Gasteiger partial charge on any atom is 0.155 e. The van der Waals surface area contributed by atoms with Crippen molar-refractivity contribution in [1.29, 1.82) is 0 Å². The molecule has 1 aliphatic rings. The van der Waals surface area contributed by atoms with Crippen LogP contribution in [0.3, 0.4) is 0 Å². The van der Waals surface area contributed by atoms with Gasteiger partial charge in [0, 0.05) is 6.20 Å². The molecule has 18 heavy (non-hydrogen) atoms. The summed E-state index contributed by atoms with van der Waals surface area (Å²) in [6.45, 7) is 3.94. The van der Waals surface area contributed by atoms with Crippen molar-refractivity contribution in [3.8, 4) is 0 Å². The second-order valence-corrected chi connectivity index (χ2v) is 5.64. The first-order valence-corrected chi connectivity index (χ1v) is 6.90. The average Bonchev–Trinajstić information content (AvgIpc) is 2.96. The Hall–Kier alpha value is -1.16. The molecule has 1 aromatic heterocycles. The quantitative estimate of drug-likeness (QED) is 0.869. The molecular weight excluding hydrogens is 226 g/mol. The summed E-state index contributed by atoms with van der Waals surface area (Å²) in [5.41, 5.74) is 6.70. The normalized spacial score (nSPS) is 18.4. The Morgan fingerprint density at radius 3 is 2.78 bits per heavy atom. The highest BCUT2D eigenvalue weighted by Gasteiger charge is 2.20. The highest BCUT2D eigenvalue weighted by molar-refractivity contribution is 5.85. The lowest BCUT2D eigenvalue weighted by molar-refractivity contribution is -0.120. The highest BCUT2D eigenvalue weighted by atomic mass is 16.1. The topological polar surface area (TPSA) is 60.9 Å². The van der Waals surface area contributed by atoms with Crippen LogP contribution in [0.2, 0.25) is 0 Å². The summed E-state index contributed by atoms with van der Waals surface area (Å²) in [5, 5.41) is 4.51. The van der Waals surface area contributed by atoms with Crippen LogP contribution in [0.25, 0.3) is 0 Å². The van der Waals surface area contributed by atoms with Crippen LogP contribution in [0.1, 0.15) is 51.3 Å². The first-order valence-electron chi connectivity index (χ1n) is 6.90. The molecule has 1 aliphatic carbocycles. The molecule has 1 aromatic rings. The molecule has 0 amide bonds. The van der Waals surface area contributed by atoms with Crippen molar-refractivity contribution in [3.05, 3.63) is 18.0 Å². The minimum absolute atomic E-state index is 0.0849. The van der Waals surface area contributed by atoms with Crippen LogP contribution in [0.5, 0.6) is 0 Å². The van der Waals surface area contributed by atoms with Crippen molar-refractivity contribution in [1.82, 2.24) is 9.78 Å². The van der Waals surface area contributed by atoms with E-state index in [1.165, 1.54) is 25.7 Å². The minimum Gasteiger partial charge on any atom is -0.321 e. The average molecular weight is 249 g/mol. The van der Waals surface area contributed by atoms with Gasteiger partial charge in [-0.3, -0.25) is 9.48 Å². The highest BCUT2D eigenvalue weighted by Crippen LogP contribution is 2.28. The van der Waals surface area contributed by atoms with Gasteiger partial charge in [-0.05, 0) is 24.8 Å². The van der Waals surface area contributed by atoms with Crippen molar-refractivity contribution in [2.45, 2.75) is 58.0 Å². The number of nitrogens with two attached hydrogens (primary N) is 1. The van der Waals surface area contributed by atoms with Gasteiger partial charge in [0.05, 0.1) is 24.2 Å². The van der Waals surface area contributed by atoms with Crippen molar-refractivity contribution in [2.75, 3.05) is 0 Å². The van der Waals surface area contributed by atoms with Crippen molar-refractivity contribution >= 4 is 5.78 Å². The summed E-state index contributed by atoms with van der Waals surface area (Å²) in [6.07, 6.45) is 7.35. The van der Waals surface area contributed by atoms with Crippen LogP contribution >= 0.6 is 0 Å². The first kappa shape index (κ1) is 13.3. The number of carbonyl (C=O) groups is 1. The van der Waals surface area contributed by atoms with Crippen LogP contribution in [0.15, 0.2) is 12.3 Å². The van der Waals surface area contributed by atoms with Gasteiger partial charge in [0.2, 0.25) is 0 Å². The Morgan fingerprint density at radius 1 is 1.50 bits per heavy atom. The van der Waals surface area contributed by atoms with E-state index >= 15 is 0 Å². The fourth-order valence-corrected chi connectivity index (χ4v) is 2.51. The number of carbonyl (C=O) groups excluding carboxylic acids is 1. The van der Waals surface area contributed by atoms with E-state index < -0.39 is 0 Å². The van der Waals surface area contributed by atoms with Crippen molar-refractivity contribution < 1.29 is 4.79 Å². The van der Waals surface area contributed by atoms with E-state index in [-0.39, 0.29) is 17.7 Å². The van der Waals surface area contributed by atoms with Crippen LogP contribution in [0.4, 0.5) is 0 Å². The molecule has 1 saturated carbocycles. The predicted molar refractivity (Wildman–Crippen MR) is 71.3 cm³/mol. The Morgan fingerprint density at radius 2 is 2.17 bits per heavy atom. The van der Waals surface area contributed by atoms with Gasteiger partial charge >= 0.3 is 0 Å². The molecule has 0 bridgehead atoms. The second-order valence-electron chi connectivity index (χ2n) is 5.64. The van der Waals surface area contributed by atoms with Crippen LogP contribution in [-0.4, -0.2) is 21.6 Å². The number of Topliss-reactive ketones (excluding diaryl/α,β-unsaturated/α-hetero) is 1. The SMILES string of the molecule is CC(C)C(N)C(=O)Cc1ccn(C2CCCC2)n1. The standard InChI is InChI=1S/C14H23N3O/c1-10(2)14(15)13(18)9-11-7-8-17(16-11)12-5-3-4-6-12/h7-8,10,12,14H,3-6,9,15H2,1-2H3. The third-order valence-corrected chi connectivity index (χ3v) is 3.81. The molecule has 0 spiro atoms. The van der Waals surface area contributed by atoms with E-state index in [2.05, 4.69) is 5.10 Å². The summed E-state index contributed by atoms with van der Waals surface area (Å²) in [7, 11) is 0. The largest absolute Gasteiger partial charge is 0.321 e. The molecule has 0 aromatic carbocycles. The molecule has 1 unspecified atom stereocenters. The second kappa shape index (κ2) is 5.65. The Balaban J connectivity index is 1.96. The maximum atomic E-state index is 11.9. The van der Waals surface area contributed by atoms with Gasteiger partial charge < -0.3 is 5.73 Å². The van der Waals surface area contributed by atoms with Gasteiger partial charge in [-0.2, -0.15) is 5.10 Å². The molecule has 4 heteroatoms. The van der Waals surface area contributed by atoms with Gasteiger partial charge in [0.25, 0.3) is 0 Å². The van der Waals surface area contributed by atoms with Crippen LogP contribution < -0.4 is 5.73 Å². The van der Waals surface area contributed by atoms with Crippen LogP contribution in [0, 0.1) is 5.92 Å². The molecule has 4 nitrogen and oxygen atoms in total. The molecule has 2 rings (SSSR count). The third-order valence-electron chi connectivity index (χ3n) is 3.81. The minimum atomic E-state index is -0.373. The maximum absolute atomic E-state index is 11.9. The molecule has 0 aliphatic heterocycles. The van der Waals surface area contributed by atoms with Gasteiger partial charge in [-0.25, -0.2) is 0 Å². The number of rotatable bonds is 5. The van der Waals surface area contributed by atoms with Gasteiger partial charge in [-0.1, -0.05) is 26.7 Å². The summed E-state index contributed by atoms with van der Waals surface area (Å²) in [5.74, 6) is 0.274. The van der Waals surface area contributed by atoms with Crippen molar-refractivity contribution in [2.24, 2.45) is 11.7 Å². The number of ketones is 1. The fraction of sp³-hybridized carbons (Fsp3) is 0.714. The summed E-state index contributed by atoms with van der Waals surface area (Å²) < 4.78 is 2.02. The Bertz CT molecular complexity index is 405. The lowest BCUT2D eigenvalue weighted by atomic mass is 9.98. The molecule has 100 valence electrons. The molecule has 0 radical (unpaired) electrons. The van der Waals surface area contributed by atoms with E-state index in [0.717, 1.165) is 5.69 Å². The van der Waals surface area contributed by atoms with Crippen molar-refractivity contribution in [3.63, 3.8) is 0 Å². The molecule has 1 atom stereocenters. The molecule has 1 heterocycles.